The molecule has 0 saturated heterocycles. The quantitative estimate of drug-likeness (QED) is 0.303. The maximum Gasteiger partial charge on any atom is 0.330 e. The summed E-state index contributed by atoms with van der Waals surface area (Å²) in [6.45, 7) is 4.16. The van der Waals surface area contributed by atoms with E-state index in [4.69, 9.17) is 5.11 Å². The summed E-state index contributed by atoms with van der Waals surface area (Å²) in [5.41, 5.74) is 1.43. The van der Waals surface area contributed by atoms with Crippen LogP contribution >= 0.6 is 0 Å². The van der Waals surface area contributed by atoms with E-state index in [2.05, 4.69) is 4.74 Å². The number of rotatable bonds is 7. The van der Waals surface area contributed by atoms with Crippen LogP contribution in [0, 0.1) is 0 Å². The van der Waals surface area contributed by atoms with Crippen molar-refractivity contribution in [3.63, 3.8) is 0 Å². The Morgan fingerprint density at radius 1 is 1.33 bits per heavy atom. The Morgan fingerprint density at radius 2 is 2.00 bits per heavy atom. The van der Waals surface area contributed by atoms with Gasteiger partial charge in [0.15, 0.2) is 0 Å². The highest BCUT2D eigenvalue weighted by molar-refractivity contribution is 5.85. The van der Waals surface area contributed by atoms with Gasteiger partial charge in [-0.1, -0.05) is 11.6 Å². The first kappa shape index (κ1) is 13.4. The van der Waals surface area contributed by atoms with E-state index in [0.717, 1.165) is 12.0 Å². The van der Waals surface area contributed by atoms with Crippen molar-refractivity contribution in [1.29, 1.82) is 0 Å². The van der Waals surface area contributed by atoms with Crippen LogP contribution in [-0.2, 0) is 14.3 Å². The molecule has 15 heavy (non-hydrogen) atoms. The second-order valence-electron chi connectivity index (χ2n) is 3.21. The fraction of sp³-hybridized carbons (Fsp3) is 0.455. The molecule has 84 valence electrons. The van der Waals surface area contributed by atoms with Gasteiger partial charge in [-0.05, 0) is 32.8 Å². The minimum absolute atomic E-state index is 0.275. The van der Waals surface area contributed by atoms with Crippen LogP contribution < -0.4 is 0 Å². The third-order valence-corrected chi connectivity index (χ3v) is 1.92. The lowest BCUT2D eigenvalue weighted by Crippen LogP contribution is -1.95. The lowest BCUT2D eigenvalue weighted by atomic mass is 10.1. The summed E-state index contributed by atoms with van der Waals surface area (Å²) in [5.74, 6) is -0.888. The second-order valence-corrected chi connectivity index (χ2v) is 3.21. The van der Waals surface area contributed by atoms with Crippen molar-refractivity contribution in [2.24, 2.45) is 0 Å². The molecule has 0 unspecified atom stereocenters. The van der Waals surface area contributed by atoms with Crippen molar-refractivity contribution in [1.82, 2.24) is 0 Å². The van der Waals surface area contributed by atoms with E-state index >= 15 is 0 Å². The van der Waals surface area contributed by atoms with Gasteiger partial charge in [-0.2, -0.15) is 0 Å². The van der Waals surface area contributed by atoms with E-state index in [0.29, 0.717) is 18.5 Å². The van der Waals surface area contributed by atoms with Crippen molar-refractivity contribution >= 4 is 12.4 Å². The molecular weight excluding hydrogens is 196 g/mol. The number of aliphatic carboxylic acids is 1. The number of hydrogen-bond acceptors (Lipinski definition) is 3. The highest BCUT2D eigenvalue weighted by Gasteiger charge is 1.97. The van der Waals surface area contributed by atoms with Crippen LogP contribution in [0.1, 0.15) is 26.7 Å². The average Bonchev–Trinajstić information content (AvgIpc) is 2.18. The molecule has 1 N–H and O–H groups in total. The van der Waals surface area contributed by atoms with Crippen molar-refractivity contribution < 1.29 is 19.4 Å². The zero-order valence-electron chi connectivity index (χ0n) is 9.03. The van der Waals surface area contributed by atoms with E-state index < -0.39 is 5.97 Å². The second kappa shape index (κ2) is 7.79. The highest BCUT2D eigenvalue weighted by atomic mass is 16.5. The maximum absolute atomic E-state index is 10.4. The van der Waals surface area contributed by atoms with Gasteiger partial charge in [-0.25, -0.2) is 4.79 Å². The molecule has 0 aromatic heterocycles. The topological polar surface area (TPSA) is 63.6 Å². The monoisotopic (exact) mass is 212 g/mol. The molecule has 0 aromatic carbocycles. The fourth-order valence-corrected chi connectivity index (χ4v) is 0.935. The van der Waals surface area contributed by atoms with Crippen molar-refractivity contribution in [3.05, 3.63) is 23.3 Å². The summed E-state index contributed by atoms with van der Waals surface area (Å²) >= 11 is 0. The Labute approximate surface area is 89.2 Å². The normalized spacial score (nSPS) is 12.4. The van der Waals surface area contributed by atoms with Crippen molar-refractivity contribution in [2.45, 2.75) is 26.7 Å². The molecule has 0 bridgehead atoms. The third kappa shape index (κ3) is 7.49. The first-order valence-electron chi connectivity index (χ1n) is 4.69. The Balaban J connectivity index is 3.85. The SMILES string of the molecule is C/C(=C/COC=O)CC/C=C(\C)C(=O)O. The van der Waals surface area contributed by atoms with E-state index in [1.807, 2.05) is 6.92 Å². The minimum Gasteiger partial charge on any atom is -0.478 e. The Bertz CT molecular complexity index is 276. The summed E-state index contributed by atoms with van der Waals surface area (Å²) in [6, 6.07) is 0. The van der Waals surface area contributed by atoms with E-state index in [-0.39, 0.29) is 6.61 Å². The van der Waals surface area contributed by atoms with Crippen LogP contribution in [-0.4, -0.2) is 24.2 Å². The van der Waals surface area contributed by atoms with Crippen LogP contribution in [0.3, 0.4) is 0 Å². The van der Waals surface area contributed by atoms with Crippen LogP contribution in [0.5, 0.6) is 0 Å². The lowest BCUT2D eigenvalue weighted by Gasteiger charge is -1.98. The number of carbonyl (C=O) groups excluding carboxylic acids is 1. The zero-order chi connectivity index (χ0) is 11.7. The van der Waals surface area contributed by atoms with Crippen molar-refractivity contribution in [3.8, 4) is 0 Å². The summed E-state index contributed by atoms with van der Waals surface area (Å²) in [6.07, 6.45) is 4.94. The summed E-state index contributed by atoms with van der Waals surface area (Å²) in [5, 5.41) is 8.58. The largest absolute Gasteiger partial charge is 0.478 e. The first-order chi connectivity index (χ1) is 7.07. The molecule has 0 fully saturated rings. The fourth-order valence-electron chi connectivity index (χ4n) is 0.935. The van der Waals surface area contributed by atoms with E-state index in [1.165, 1.54) is 0 Å². The number of carboxylic acids is 1. The van der Waals surface area contributed by atoms with Crippen LogP contribution in [0.2, 0.25) is 0 Å². The smallest absolute Gasteiger partial charge is 0.330 e. The predicted octanol–water partition coefficient (Wildman–Crippen LogP) is 1.92. The standard InChI is InChI=1S/C11H16O4/c1-9(6-7-15-8-12)4-3-5-10(2)11(13)14/h5-6,8H,3-4,7H2,1-2H3,(H,13,14)/b9-6-,10-5+. The van der Waals surface area contributed by atoms with Gasteiger partial charge < -0.3 is 9.84 Å². The Hall–Kier alpha value is -1.58. The van der Waals surface area contributed by atoms with Crippen LogP contribution in [0.4, 0.5) is 0 Å². The molecule has 0 heterocycles. The van der Waals surface area contributed by atoms with Gasteiger partial charge in [0, 0.05) is 5.57 Å². The molecular formula is C11H16O4. The molecule has 0 aliphatic carbocycles. The molecule has 0 aliphatic heterocycles. The summed E-state index contributed by atoms with van der Waals surface area (Å²) < 4.78 is 4.50. The molecule has 0 spiro atoms. The van der Waals surface area contributed by atoms with Crippen LogP contribution in [0.25, 0.3) is 0 Å². The summed E-state index contributed by atoms with van der Waals surface area (Å²) in [4.78, 5) is 20.3. The molecule has 4 heteroatoms. The molecule has 0 saturated carbocycles. The number of allylic oxidation sites excluding steroid dienone is 2. The van der Waals surface area contributed by atoms with Crippen LogP contribution in [0.15, 0.2) is 23.3 Å². The molecule has 0 aromatic rings. The number of ether oxygens (including phenoxy) is 1. The Kier molecular flexibility index (Phi) is 6.97. The third-order valence-electron chi connectivity index (χ3n) is 1.92. The van der Waals surface area contributed by atoms with E-state index in [1.54, 1.807) is 19.1 Å². The highest BCUT2D eigenvalue weighted by Crippen LogP contribution is 2.06. The molecule has 0 atom stereocenters. The van der Waals surface area contributed by atoms with Gasteiger partial charge in [-0.15, -0.1) is 0 Å². The van der Waals surface area contributed by atoms with Gasteiger partial charge in [0.25, 0.3) is 6.47 Å². The minimum atomic E-state index is -0.888. The maximum atomic E-state index is 10.4. The molecule has 0 radical (unpaired) electrons. The number of carboxylic acid groups (broad SMARTS) is 1. The molecule has 0 aliphatic rings. The van der Waals surface area contributed by atoms with Gasteiger partial charge in [0.2, 0.25) is 0 Å². The zero-order valence-corrected chi connectivity index (χ0v) is 9.03. The molecule has 0 rings (SSSR count). The average molecular weight is 212 g/mol. The number of carbonyl (C=O) groups is 2. The van der Waals surface area contributed by atoms with Gasteiger partial charge in [0.1, 0.15) is 6.61 Å². The molecule has 4 nitrogen and oxygen atoms in total. The van der Waals surface area contributed by atoms with Gasteiger partial charge in [0.05, 0.1) is 0 Å². The lowest BCUT2D eigenvalue weighted by molar-refractivity contribution is -0.132. The summed E-state index contributed by atoms with van der Waals surface area (Å²) in [7, 11) is 0. The van der Waals surface area contributed by atoms with Crippen molar-refractivity contribution in [2.75, 3.05) is 6.61 Å². The molecule has 0 amide bonds. The van der Waals surface area contributed by atoms with Gasteiger partial charge >= 0.3 is 5.97 Å². The predicted molar refractivity (Wildman–Crippen MR) is 56.4 cm³/mol. The first-order valence-corrected chi connectivity index (χ1v) is 4.69. The van der Waals surface area contributed by atoms with E-state index in [9.17, 15) is 9.59 Å². The van der Waals surface area contributed by atoms with Gasteiger partial charge in [-0.3, -0.25) is 4.79 Å². The number of hydrogen-bond donors (Lipinski definition) is 1. The Morgan fingerprint density at radius 3 is 2.53 bits per heavy atom.